The van der Waals surface area contributed by atoms with Crippen molar-refractivity contribution in [2.45, 2.75) is 13.8 Å². The average Bonchev–Trinajstić information content (AvgIpc) is 2.48. The monoisotopic (exact) mass is 270 g/mol. The van der Waals surface area contributed by atoms with E-state index < -0.39 is 0 Å². The Kier molecular flexibility index (Phi) is 4.08. The molecule has 104 valence electrons. The fraction of sp³-hybridized carbons (Fsp3) is 0.235. The summed E-state index contributed by atoms with van der Waals surface area (Å²) in [6.45, 7) is 4.06. The first kappa shape index (κ1) is 14.1. The zero-order valence-corrected chi connectivity index (χ0v) is 12.2. The number of ether oxygens (including phenoxy) is 2. The van der Waals surface area contributed by atoms with E-state index >= 15 is 0 Å². The molecule has 3 heteroatoms. The van der Waals surface area contributed by atoms with E-state index in [1.165, 1.54) is 7.11 Å². The van der Waals surface area contributed by atoms with E-state index in [4.69, 9.17) is 9.47 Å². The second-order valence-electron chi connectivity index (χ2n) is 4.72. The van der Waals surface area contributed by atoms with Crippen molar-refractivity contribution in [3.05, 3.63) is 53.1 Å². The highest BCUT2D eigenvalue weighted by Crippen LogP contribution is 2.31. The van der Waals surface area contributed by atoms with Crippen LogP contribution in [0.3, 0.4) is 0 Å². The third-order valence-corrected chi connectivity index (χ3v) is 3.32. The lowest BCUT2D eigenvalue weighted by Gasteiger charge is -2.13. The SMILES string of the molecule is COC(=O)c1cc(OC)ccc1-c1cc(C)ccc1C. The van der Waals surface area contributed by atoms with Crippen molar-refractivity contribution >= 4 is 5.97 Å². The van der Waals surface area contributed by atoms with Crippen LogP contribution in [-0.4, -0.2) is 20.2 Å². The molecule has 2 rings (SSSR count). The van der Waals surface area contributed by atoms with Gasteiger partial charge < -0.3 is 9.47 Å². The Balaban J connectivity index is 2.66. The van der Waals surface area contributed by atoms with Crippen LogP contribution in [0.2, 0.25) is 0 Å². The Morgan fingerprint density at radius 1 is 0.950 bits per heavy atom. The molecule has 0 spiro atoms. The van der Waals surface area contributed by atoms with Gasteiger partial charge in [-0.15, -0.1) is 0 Å². The van der Waals surface area contributed by atoms with Crippen LogP contribution in [0, 0.1) is 13.8 Å². The molecule has 0 atom stereocenters. The van der Waals surface area contributed by atoms with Crippen LogP contribution in [0.5, 0.6) is 5.75 Å². The van der Waals surface area contributed by atoms with Gasteiger partial charge in [0.15, 0.2) is 0 Å². The minimum absolute atomic E-state index is 0.361. The van der Waals surface area contributed by atoms with Gasteiger partial charge >= 0.3 is 5.97 Å². The van der Waals surface area contributed by atoms with E-state index in [2.05, 4.69) is 18.2 Å². The zero-order chi connectivity index (χ0) is 14.7. The summed E-state index contributed by atoms with van der Waals surface area (Å²) in [5.41, 5.74) is 4.68. The topological polar surface area (TPSA) is 35.5 Å². The second-order valence-corrected chi connectivity index (χ2v) is 4.72. The van der Waals surface area contributed by atoms with Crippen molar-refractivity contribution in [2.75, 3.05) is 14.2 Å². The molecule has 0 unspecified atom stereocenters. The second kappa shape index (κ2) is 5.78. The third-order valence-electron chi connectivity index (χ3n) is 3.32. The molecule has 0 N–H and O–H groups in total. The Morgan fingerprint density at radius 3 is 2.35 bits per heavy atom. The van der Waals surface area contributed by atoms with E-state index in [1.54, 1.807) is 13.2 Å². The molecule has 0 amide bonds. The number of aryl methyl sites for hydroxylation is 2. The molecule has 0 bridgehead atoms. The summed E-state index contributed by atoms with van der Waals surface area (Å²) in [7, 11) is 2.96. The lowest BCUT2D eigenvalue weighted by Crippen LogP contribution is -2.04. The smallest absolute Gasteiger partial charge is 0.338 e. The fourth-order valence-corrected chi connectivity index (χ4v) is 2.19. The molecule has 0 saturated carbocycles. The number of carbonyl (C=O) groups excluding carboxylic acids is 1. The van der Waals surface area contributed by atoms with Gasteiger partial charge in [-0.3, -0.25) is 0 Å². The first-order valence-electron chi connectivity index (χ1n) is 6.40. The molecule has 2 aromatic rings. The maximum atomic E-state index is 12.0. The van der Waals surface area contributed by atoms with Crippen molar-refractivity contribution in [1.82, 2.24) is 0 Å². The number of esters is 1. The molecule has 0 aromatic heterocycles. The standard InChI is InChI=1S/C17H18O3/c1-11-5-6-12(2)15(9-11)14-8-7-13(19-3)10-16(14)17(18)20-4/h5-10H,1-4H3. The predicted molar refractivity (Wildman–Crippen MR) is 79.2 cm³/mol. The van der Waals surface area contributed by atoms with Gasteiger partial charge in [-0.2, -0.15) is 0 Å². The van der Waals surface area contributed by atoms with Gasteiger partial charge in [-0.05, 0) is 48.7 Å². The zero-order valence-electron chi connectivity index (χ0n) is 12.2. The molecule has 0 aliphatic carbocycles. The summed E-state index contributed by atoms with van der Waals surface area (Å²) >= 11 is 0. The van der Waals surface area contributed by atoms with Crippen molar-refractivity contribution in [1.29, 1.82) is 0 Å². The Hall–Kier alpha value is -2.29. The van der Waals surface area contributed by atoms with Crippen LogP contribution < -0.4 is 4.74 Å². The van der Waals surface area contributed by atoms with E-state index in [1.807, 2.05) is 26.0 Å². The Labute approximate surface area is 119 Å². The highest BCUT2D eigenvalue weighted by molar-refractivity contribution is 5.98. The molecule has 2 aromatic carbocycles. The lowest BCUT2D eigenvalue weighted by molar-refractivity contribution is 0.0601. The molecule has 0 saturated heterocycles. The summed E-state index contributed by atoms with van der Waals surface area (Å²) < 4.78 is 10.1. The predicted octanol–water partition coefficient (Wildman–Crippen LogP) is 3.77. The van der Waals surface area contributed by atoms with E-state index in [0.29, 0.717) is 11.3 Å². The first-order chi connectivity index (χ1) is 9.56. The van der Waals surface area contributed by atoms with E-state index in [9.17, 15) is 4.79 Å². The van der Waals surface area contributed by atoms with Gasteiger partial charge in [0.2, 0.25) is 0 Å². The molecule has 0 aliphatic heterocycles. The Bertz CT molecular complexity index is 645. The van der Waals surface area contributed by atoms with Crippen LogP contribution in [0.4, 0.5) is 0 Å². The Morgan fingerprint density at radius 2 is 1.70 bits per heavy atom. The first-order valence-corrected chi connectivity index (χ1v) is 6.40. The molecule has 0 heterocycles. The average molecular weight is 270 g/mol. The van der Waals surface area contributed by atoms with E-state index in [0.717, 1.165) is 22.3 Å². The van der Waals surface area contributed by atoms with Crippen LogP contribution in [0.1, 0.15) is 21.5 Å². The summed E-state index contributed by atoms with van der Waals surface area (Å²) in [6.07, 6.45) is 0. The van der Waals surface area contributed by atoms with Gasteiger partial charge in [-0.1, -0.05) is 23.8 Å². The van der Waals surface area contributed by atoms with Crippen LogP contribution >= 0.6 is 0 Å². The largest absolute Gasteiger partial charge is 0.497 e. The highest BCUT2D eigenvalue weighted by atomic mass is 16.5. The van der Waals surface area contributed by atoms with Gasteiger partial charge in [0, 0.05) is 0 Å². The van der Waals surface area contributed by atoms with Crippen LogP contribution in [-0.2, 0) is 4.74 Å². The molecule has 0 radical (unpaired) electrons. The number of rotatable bonds is 3. The fourth-order valence-electron chi connectivity index (χ4n) is 2.19. The summed E-state index contributed by atoms with van der Waals surface area (Å²) in [5, 5.41) is 0. The molecule has 0 fully saturated rings. The number of benzene rings is 2. The van der Waals surface area contributed by atoms with Crippen LogP contribution in [0.25, 0.3) is 11.1 Å². The van der Waals surface area contributed by atoms with Gasteiger partial charge in [0.25, 0.3) is 0 Å². The normalized spacial score (nSPS) is 10.2. The van der Waals surface area contributed by atoms with Crippen molar-refractivity contribution < 1.29 is 14.3 Å². The number of hydrogen-bond donors (Lipinski definition) is 0. The quantitative estimate of drug-likeness (QED) is 0.796. The molecule has 0 aliphatic rings. The summed E-state index contributed by atoms with van der Waals surface area (Å²) in [4.78, 5) is 12.0. The molecular weight excluding hydrogens is 252 g/mol. The van der Waals surface area contributed by atoms with Gasteiger partial charge in [-0.25, -0.2) is 4.79 Å². The van der Waals surface area contributed by atoms with Crippen molar-refractivity contribution in [3.63, 3.8) is 0 Å². The molecule has 3 nitrogen and oxygen atoms in total. The summed E-state index contributed by atoms with van der Waals surface area (Å²) in [5.74, 6) is 0.277. The van der Waals surface area contributed by atoms with Gasteiger partial charge in [0.1, 0.15) is 5.75 Å². The lowest BCUT2D eigenvalue weighted by atomic mass is 9.94. The number of carbonyl (C=O) groups is 1. The minimum Gasteiger partial charge on any atom is -0.497 e. The van der Waals surface area contributed by atoms with Gasteiger partial charge in [0.05, 0.1) is 19.8 Å². The maximum absolute atomic E-state index is 12.0. The summed E-state index contributed by atoms with van der Waals surface area (Å²) in [6, 6.07) is 11.6. The highest BCUT2D eigenvalue weighted by Gasteiger charge is 2.16. The minimum atomic E-state index is -0.361. The van der Waals surface area contributed by atoms with Crippen molar-refractivity contribution in [2.24, 2.45) is 0 Å². The van der Waals surface area contributed by atoms with E-state index in [-0.39, 0.29) is 5.97 Å². The third kappa shape index (κ3) is 2.67. The van der Waals surface area contributed by atoms with Crippen molar-refractivity contribution in [3.8, 4) is 16.9 Å². The maximum Gasteiger partial charge on any atom is 0.338 e. The van der Waals surface area contributed by atoms with Crippen LogP contribution in [0.15, 0.2) is 36.4 Å². The number of hydrogen-bond acceptors (Lipinski definition) is 3. The molecular formula is C17H18O3. The molecule has 20 heavy (non-hydrogen) atoms. The number of methoxy groups -OCH3 is 2.